The van der Waals surface area contributed by atoms with Gasteiger partial charge in [-0.05, 0) is 154 Å². The van der Waals surface area contributed by atoms with Gasteiger partial charge in [-0.2, -0.15) is 0 Å². The SMILES string of the molecule is C/C1=C(\c2cc(C)cc(-c3cccc(-c4cc(-c5ccccc5)cc(-c5ccccc5)c4)c3)c2)CC/C=C(/c2ccccc2)N=C(c2cccc(N)c2)CC1. The average molecular weight is 711 g/mol. The van der Waals surface area contributed by atoms with Crippen LogP contribution in [0.4, 0.5) is 5.69 Å². The van der Waals surface area contributed by atoms with E-state index in [0.29, 0.717) is 0 Å². The molecule has 268 valence electrons. The molecule has 1 aliphatic rings. The van der Waals surface area contributed by atoms with Crippen molar-refractivity contribution in [1.82, 2.24) is 0 Å². The highest BCUT2D eigenvalue weighted by Gasteiger charge is 2.15. The lowest BCUT2D eigenvalue weighted by molar-refractivity contribution is 0.970. The molecular weight excluding hydrogens is 665 g/mol. The second kappa shape index (κ2) is 16.2. The molecule has 2 N–H and O–H groups in total. The Morgan fingerprint density at radius 1 is 0.400 bits per heavy atom. The van der Waals surface area contributed by atoms with E-state index in [-0.39, 0.29) is 0 Å². The highest BCUT2D eigenvalue weighted by Crippen LogP contribution is 2.37. The summed E-state index contributed by atoms with van der Waals surface area (Å²) in [5.74, 6) is 0. The summed E-state index contributed by atoms with van der Waals surface area (Å²) in [5.41, 5.74) is 26.4. The van der Waals surface area contributed by atoms with E-state index in [1.807, 2.05) is 12.1 Å². The zero-order chi connectivity index (χ0) is 37.6. The maximum atomic E-state index is 6.26. The van der Waals surface area contributed by atoms with Crippen LogP contribution in [0.3, 0.4) is 0 Å². The van der Waals surface area contributed by atoms with Crippen LogP contribution in [0.1, 0.15) is 54.9 Å². The number of benzene rings is 7. The fraction of sp³-hybridized carbons (Fsp3) is 0.113. The van der Waals surface area contributed by atoms with Crippen molar-refractivity contribution >= 4 is 22.7 Å². The first kappa shape index (κ1) is 35.5. The maximum Gasteiger partial charge on any atom is 0.0665 e. The minimum Gasteiger partial charge on any atom is -0.399 e. The molecule has 0 atom stereocenters. The van der Waals surface area contributed by atoms with Crippen LogP contribution in [-0.4, -0.2) is 5.71 Å². The largest absolute Gasteiger partial charge is 0.399 e. The Kier molecular flexibility index (Phi) is 10.5. The molecule has 7 aromatic rings. The van der Waals surface area contributed by atoms with E-state index in [1.54, 1.807) is 0 Å². The fourth-order valence-electron chi connectivity index (χ4n) is 7.77. The third kappa shape index (κ3) is 8.35. The second-order valence-corrected chi connectivity index (χ2v) is 14.6. The number of nitrogens with zero attached hydrogens (tertiary/aromatic N) is 1. The van der Waals surface area contributed by atoms with Crippen LogP contribution in [0.5, 0.6) is 0 Å². The Morgan fingerprint density at radius 3 is 1.49 bits per heavy atom. The van der Waals surface area contributed by atoms with Crippen LogP contribution in [0.15, 0.2) is 193 Å². The molecule has 7 aromatic carbocycles. The van der Waals surface area contributed by atoms with Crippen LogP contribution in [0.2, 0.25) is 0 Å². The van der Waals surface area contributed by atoms with E-state index < -0.39 is 0 Å². The van der Waals surface area contributed by atoms with E-state index >= 15 is 0 Å². The highest BCUT2D eigenvalue weighted by molar-refractivity contribution is 6.04. The van der Waals surface area contributed by atoms with E-state index in [1.165, 1.54) is 66.8 Å². The monoisotopic (exact) mass is 710 g/mol. The van der Waals surface area contributed by atoms with Crippen LogP contribution < -0.4 is 5.73 Å². The molecular formula is C53H46N2. The van der Waals surface area contributed by atoms with Gasteiger partial charge >= 0.3 is 0 Å². The molecule has 8 rings (SSSR count). The quantitative estimate of drug-likeness (QED) is 0.164. The summed E-state index contributed by atoms with van der Waals surface area (Å²) in [5, 5.41) is 0. The van der Waals surface area contributed by atoms with Crippen molar-refractivity contribution < 1.29 is 0 Å². The van der Waals surface area contributed by atoms with E-state index in [0.717, 1.165) is 53.9 Å². The van der Waals surface area contributed by atoms with Crippen molar-refractivity contribution in [3.8, 4) is 44.5 Å². The Morgan fingerprint density at radius 2 is 0.873 bits per heavy atom. The van der Waals surface area contributed by atoms with Gasteiger partial charge in [-0.1, -0.05) is 145 Å². The number of hydrogen-bond acceptors (Lipinski definition) is 2. The van der Waals surface area contributed by atoms with Crippen molar-refractivity contribution in [3.05, 3.63) is 210 Å². The lowest BCUT2D eigenvalue weighted by Crippen LogP contribution is -2.05. The minimum atomic E-state index is 0.757. The molecule has 0 fully saturated rings. The molecule has 0 aromatic heterocycles. The van der Waals surface area contributed by atoms with Crippen molar-refractivity contribution in [2.24, 2.45) is 4.99 Å². The summed E-state index contributed by atoms with van der Waals surface area (Å²) in [6.45, 7) is 4.53. The minimum absolute atomic E-state index is 0.757. The number of nitrogen functional groups attached to an aromatic ring is 1. The van der Waals surface area contributed by atoms with Crippen molar-refractivity contribution in [2.45, 2.75) is 39.5 Å². The van der Waals surface area contributed by atoms with Gasteiger partial charge in [0.15, 0.2) is 0 Å². The number of nitrogens with two attached hydrogens (primary N) is 1. The predicted molar refractivity (Wildman–Crippen MR) is 236 cm³/mol. The van der Waals surface area contributed by atoms with Gasteiger partial charge in [0.2, 0.25) is 0 Å². The fourth-order valence-corrected chi connectivity index (χ4v) is 7.77. The molecule has 1 heterocycles. The van der Waals surface area contributed by atoms with Gasteiger partial charge < -0.3 is 5.73 Å². The lowest BCUT2D eigenvalue weighted by Gasteiger charge is -2.18. The van der Waals surface area contributed by atoms with Crippen LogP contribution >= 0.6 is 0 Å². The van der Waals surface area contributed by atoms with E-state index in [2.05, 4.69) is 184 Å². The molecule has 0 aliphatic carbocycles. The first-order valence-corrected chi connectivity index (χ1v) is 19.3. The maximum absolute atomic E-state index is 6.26. The van der Waals surface area contributed by atoms with Gasteiger partial charge in [0.05, 0.1) is 5.70 Å². The summed E-state index contributed by atoms with van der Waals surface area (Å²) < 4.78 is 0. The number of hydrogen-bond donors (Lipinski definition) is 1. The smallest absolute Gasteiger partial charge is 0.0665 e. The summed E-state index contributed by atoms with van der Waals surface area (Å²) in [4.78, 5) is 5.30. The molecule has 0 unspecified atom stereocenters. The number of anilines is 1. The lowest BCUT2D eigenvalue weighted by atomic mass is 9.88. The van der Waals surface area contributed by atoms with Crippen LogP contribution in [0.25, 0.3) is 55.8 Å². The van der Waals surface area contributed by atoms with Crippen molar-refractivity contribution in [1.29, 1.82) is 0 Å². The van der Waals surface area contributed by atoms with Gasteiger partial charge in [0.25, 0.3) is 0 Å². The number of allylic oxidation sites excluding steroid dienone is 3. The number of rotatable bonds is 7. The average Bonchev–Trinajstić information content (AvgIpc) is 3.23. The van der Waals surface area contributed by atoms with Crippen molar-refractivity contribution in [2.75, 3.05) is 5.73 Å². The Balaban J connectivity index is 1.16. The van der Waals surface area contributed by atoms with Crippen LogP contribution in [-0.2, 0) is 0 Å². The Bertz CT molecular complexity index is 2480. The van der Waals surface area contributed by atoms with Gasteiger partial charge in [0, 0.05) is 11.4 Å². The predicted octanol–water partition coefficient (Wildman–Crippen LogP) is 14.1. The number of aryl methyl sites for hydroxylation is 1. The summed E-state index contributed by atoms with van der Waals surface area (Å²) in [6.07, 6.45) is 5.91. The third-order valence-corrected chi connectivity index (χ3v) is 10.6. The van der Waals surface area contributed by atoms with Crippen molar-refractivity contribution in [3.63, 3.8) is 0 Å². The van der Waals surface area contributed by atoms with Gasteiger partial charge in [-0.15, -0.1) is 0 Å². The molecule has 0 bridgehead atoms. The number of aliphatic imine (C=N–C) groups is 1. The summed E-state index contributed by atoms with van der Waals surface area (Å²) >= 11 is 0. The molecule has 1 aliphatic heterocycles. The van der Waals surface area contributed by atoms with Gasteiger partial charge in [-0.3, -0.25) is 4.99 Å². The van der Waals surface area contributed by atoms with Gasteiger partial charge in [0.1, 0.15) is 0 Å². The normalized spacial score (nSPS) is 15.8. The van der Waals surface area contributed by atoms with E-state index in [9.17, 15) is 0 Å². The highest BCUT2D eigenvalue weighted by atomic mass is 14.8. The Hall–Kier alpha value is -6.51. The zero-order valence-corrected chi connectivity index (χ0v) is 31.7. The molecule has 55 heavy (non-hydrogen) atoms. The zero-order valence-electron chi connectivity index (χ0n) is 31.7. The molecule has 0 radical (unpaired) electrons. The first-order chi connectivity index (χ1) is 27.0. The molecule has 2 nitrogen and oxygen atoms in total. The molecule has 0 spiro atoms. The standard InChI is InChI=1S/C53H46N2/c1-37-29-45(42-21-12-22-43(31-42)48-33-46(39-15-6-3-7-16-39)32-47(34-48)40-17-8-4-9-18-40)35-49(30-37)51-25-14-26-52(41-19-10-5-11-20-41)55-53(28-27-38(51)2)44-23-13-24-50(54)36-44/h3-13,15-24,26,29-36H,14,25,27-28,54H2,1-2H3/b51-38+,52-26-,55-53?. The second-order valence-electron chi connectivity index (χ2n) is 14.6. The molecule has 2 heteroatoms. The van der Waals surface area contributed by atoms with E-state index in [4.69, 9.17) is 10.7 Å². The molecule has 0 amide bonds. The van der Waals surface area contributed by atoms with Crippen LogP contribution in [0, 0.1) is 6.92 Å². The summed E-state index contributed by atoms with van der Waals surface area (Å²) in [7, 11) is 0. The summed E-state index contributed by atoms with van der Waals surface area (Å²) in [6, 6.07) is 63.2. The third-order valence-electron chi connectivity index (χ3n) is 10.6. The molecule has 0 saturated carbocycles. The molecule has 0 saturated heterocycles. The van der Waals surface area contributed by atoms with Gasteiger partial charge in [-0.25, -0.2) is 0 Å². The Labute approximate surface area is 326 Å². The first-order valence-electron chi connectivity index (χ1n) is 19.3. The topological polar surface area (TPSA) is 38.4 Å².